The first-order chi connectivity index (χ1) is 6.72. The molecule has 0 saturated carbocycles. The van der Waals surface area contributed by atoms with Crippen LogP contribution in [0.1, 0.15) is 9.67 Å². The maximum atomic E-state index is 10.6. The van der Waals surface area contributed by atoms with Crippen molar-refractivity contribution in [1.82, 2.24) is 0 Å². The van der Waals surface area contributed by atoms with E-state index in [1.54, 1.807) is 18.2 Å². The molecule has 0 fully saturated rings. The lowest BCUT2D eigenvalue weighted by Gasteiger charge is -1.91. The SMILES string of the molecule is O=Cc1cc2c([N+](=O)[O-])cccc2s1. The number of thiophene rings is 1. The van der Waals surface area contributed by atoms with Gasteiger partial charge in [0.25, 0.3) is 5.69 Å². The summed E-state index contributed by atoms with van der Waals surface area (Å²) in [6, 6.07) is 6.36. The monoisotopic (exact) mass is 207 g/mol. The van der Waals surface area contributed by atoms with Crippen LogP contribution in [0.2, 0.25) is 0 Å². The van der Waals surface area contributed by atoms with Crippen LogP contribution in [0.4, 0.5) is 5.69 Å². The molecule has 2 rings (SSSR count). The van der Waals surface area contributed by atoms with Crippen molar-refractivity contribution in [2.24, 2.45) is 0 Å². The van der Waals surface area contributed by atoms with Gasteiger partial charge in [0.15, 0.2) is 6.29 Å². The molecule has 5 heteroatoms. The maximum absolute atomic E-state index is 10.6. The molecule has 0 spiro atoms. The molecule has 0 bridgehead atoms. The van der Waals surface area contributed by atoms with E-state index in [0.29, 0.717) is 16.5 Å². The lowest BCUT2D eigenvalue weighted by molar-refractivity contribution is -0.383. The standard InChI is InChI=1S/C9H5NO3S/c11-5-6-4-7-8(10(12)13)2-1-3-9(7)14-6/h1-5H. The van der Waals surface area contributed by atoms with Crippen LogP contribution in [0.15, 0.2) is 24.3 Å². The molecule has 0 aliphatic rings. The fourth-order valence-electron chi connectivity index (χ4n) is 1.28. The third-order valence-electron chi connectivity index (χ3n) is 1.87. The van der Waals surface area contributed by atoms with Gasteiger partial charge in [0.05, 0.1) is 15.2 Å². The average molecular weight is 207 g/mol. The number of rotatable bonds is 2. The number of benzene rings is 1. The van der Waals surface area contributed by atoms with E-state index in [-0.39, 0.29) is 5.69 Å². The molecule has 0 unspecified atom stereocenters. The van der Waals surface area contributed by atoms with E-state index >= 15 is 0 Å². The minimum atomic E-state index is -0.441. The second-order valence-corrected chi connectivity index (χ2v) is 3.83. The molecular weight excluding hydrogens is 202 g/mol. The molecule has 0 N–H and O–H groups in total. The van der Waals surface area contributed by atoms with Crippen molar-refractivity contribution in [3.8, 4) is 0 Å². The summed E-state index contributed by atoms with van der Waals surface area (Å²) in [7, 11) is 0. The fourth-order valence-corrected chi connectivity index (χ4v) is 2.18. The van der Waals surface area contributed by atoms with Crippen molar-refractivity contribution in [2.75, 3.05) is 0 Å². The summed E-state index contributed by atoms with van der Waals surface area (Å²) in [5, 5.41) is 11.2. The third kappa shape index (κ3) is 1.27. The quantitative estimate of drug-likeness (QED) is 0.432. The smallest absolute Gasteiger partial charge is 0.278 e. The second kappa shape index (κ2) is 3.19. The Kier molecular flexibility index (Phi) is 2.01. The van der Waals surface area contributed by atoms with E-state index in [1.807, 2.05) is 0 Å². The van der Waals surface area contributed by atoms with E-state index in [1.165, 1.54) is 17.4 Å². The number of aldehydes is 1. The highest BCUT2D eigenvalue weighted by Gasteiger charge is 2.13. The predicted octanol–water partition coefficient (Wildman–Crippen LogP) is 2.62. The number of carbonyl (C=O) groups is 1. The number of nitrogens with zero attached hydrogens (tertiary/aromatic N) is 1. The number of hydrogen-bond donors (Lipinski definition) is 0. The maximum Gasteiger partial charge on any atom is 0.278 e. The first-order valence-electron chi connectivity index (χ1n) is 3.84. The first-order valence-corrected chi connectivity index (χ1v) is 4.66. The van der Waals surface area contributed by atoms with Gasteiger partial charge < -0.3 is 0 Å². The van der Waals surface area contributed by atoms with Crippen LogP contribution in [0, 0.1) is 10.1 Å². The van der Waals surface area contributed by atoms with Crippen LogP contribution >= 0.6 is 11.3 Å². The summed E-state index contributed by atoms with van der Waals surface area (Å²) in [4.78, 5) is 21.2. The Morgan fingerprint density at radius 1 is 1.43 bits per heavy atom. The average Bonchev–Trinajstić information content (AvgIpc) is 2.59. The van der Waals surface area contributed by atoms with Gasteiger partial charge in [-0.3, -0.25) is 14.9 Å². The van der Waals surface area contributed by atoms with Crippen LogP contribution < -0.4 is 0 Å². The molecule has 0 radical (unpaired) electrons. The number of hydrogen-bond acceptors (Lipinski definition) is 4. The van der Waals surface area contributed by atoms with E-state index < -0.39 is 4.92 Å². The molecule has 1 aromatic heterocycles. The van der Waals surface area contributed by atoms with Crippen LogP contribution in [-0.4, -0.2) is 11.2 Å². The van der Waals surface area contributed by atoms with E-state index in [4.69, 9.17) is 0 Å². The minimum Gasteiger partial charge on any atom is -0.297 e. The van der Waals surface area contributed by atoms with Gasteiger partial charge in [0, 0.05) is 10.8 Å². The normalized spacial score (nSPS) is 10.3. The van der Waals surface area contributed by atoms with Crippen molar-refractivity contribution in [2.45, 2.75) is 0 Å². The first kappa shape index (κ1) is 8.83. The predicted molar refractivity (Wildman–Crippen MR) is 53.9 cm³/mol. The molecular formula is C9H5NO3S. The van der Waals surface area contributed by atoms with Gasteiger partial charge in [-0.2, -0.15) is 0 Å². The van der Waals surface area contributed by atoms with Crippen molar-refractivity contribution >= 4 is 33.4 Å². The number of nitro groups is 1. The largest absolute Gasteiger partial charge is 0.297 e. The lowest BCUT2D eigenvalue weighted by Crippen LogP contribution is -1.86. The Hall–Kier alpha value is -1.75. The van der Waals surface area contributed by atoms with Gasteiger partial charge >= 0.3 is 0 Å². The summed E-state index contributed by atoms with van der Waals surface area (Å²) >= 11 is 1.26. The molecule has 0 aliphatic heterocycles. The van der Waals surface area contributed by atoms with Crippen LogP contribution in [0.5, 0.6) is 0 Å². The zero-order valence-electron chi connectivity index (χ0n) is 6.97. The number of carbonyl (C=O) groups excluding carboxylic acids is 1. The second-order valence-electron chi connectivity index (χ2n) is 2.71. The Morgan fingerprint density at radius 3 is 2.86 bits per heavy atom. The summed E-state index contributed by atoms with van der Waals surface area (Å²) in [5.74, 6) is 0. The molecule has 70 valence electrons. The van der Waals surface area contributed by atoms with Crippen LogP contribution in [0.3, 0.4) is 0 Å². The zero-order chi connectivity index (χ0) is 10.1. The summed E-state index contributed by atoms with van der Waals surface area (Å²) in [6.45, 7) is 0. The summed E-state index contributed by atoms with van der Waals surface area (Å²) in [6.07, 6.45) is 0.703. The van der Waals surface area contributed by atoms with Crippen molar-refractivity contribution in [3.05, 3.63) is 39.3 Å². The highest BCUT2D eigenvalue weighted by molar-refractivity contribution is 7.20. The van der Waals surface area contributed by atoms with E-state index in [0.717, 1.165) is 4.70 Å². The van der Waals surface area contributed by atoms with E-state index in [2.05, 4.69) is 0 Å². The lowest BCUT2D eigenvalue weighted by atomic mass is 10.2. The molecule has 1 heterocycles. The number of fused-ring (bicyclic) bond motifs is 1. The molecule has 1 aromatic carbocycles. The highest BCUT2D eigenvalue weighted by atomic mass is 32.1. The van der Waals surface area contributed by atoms with Gasteiger partial charge in [-0.15, -0.1) is 11.3 Å². The number of nitro benzene ring substituents is 1. The van der Waals surface area contributed by atoms with Gasteiger partial charge in [0.1, 0.15) is 0 Å². The third-order valence-corrected chi connectivity index (χ3v) is 2.90. The van der Waals surface area contributed by atoms with Gasteiger partial charge in [-0.05, 0) is 12.1 Å². The summed E-state index contributed by atoms with van der Waals surface area (Å²) in [5.41, 5.74) is 0.0480. The molecule has 0 amide bonds. The Bertz CT molecular complexity index is 518. The van der Waals surface area contributed by atoms with Gasteiger partial charge in [-0.25, -0.2) is 0 Å². The highest BCUT2D eigenvalue weighted by Crippen LogP contribution is 2.31. The molecule has 0 atom stereocenters. The fraction of sp³-hybridized carbons (Fsp3) is 0. The van der Waals surface area contributed by atoms with Gasteiger partial charge in [-0.1, -0.05) is 6.07 Å². The minimum absolute atomic E-state index is 0.0480. The van der Waals surface area contributed by atoms with Crippen molar-refractivity contribution in [1.29, 1.82) is 0 Å². The zero-order valence-corrected chi connectivity index (χ0v) is 7.78. The molecule has 4 nitrogen and oxygen atoms in total. The molecule has 0 aliphatic carbocycles. The van der Waals surface area contributed by atoms with Crippen LogP contribution in [0.25, 0.3) is 10.1 Å². The van der Waals surface area contributed by atoms with Crippen molar-refractivity contribution in [3.63, 3.8) is 0 Å². The Labute approximate surface area is 82.9 Å². The Balaban J connectivity index is 2.79. The topological polar surface area (TPSA) is 60.2 Å². The molecule has 14 heavy (non-hydrogen) atoms. The van der Waals surface area contributed by atoms with Crippen molar-refractivity contribution < 1.29 is 9.72 Å². The number of non-ortho nitro benzene ring substituents is 1. The Morgan fingerprint density at radius 2 is 2.21 bits per heavy atom. The van der Waals surface area contributed by atoms with E-state index in [9.17, 15) is 14.9 Å². The van der Waals surface area contributed by atoms with Gasteiger partial charge in [0.2, 0.25) is 0 Å². The summed E-state index contributed by atoms with van der Waals surface area (Å²) < 4.78 is 0.765. The molecule has 0 saturated heterocycles. The van der Waals surface area contributed by atoms with Crippen LogP contribution in [-0.2, 0) is 0 Å². The molecule has 2 aromatic rings.